The minimum Gasteiger partial charge on any atom is -0.480 e. The lowest BCUT2D eigenvalue weighted by Crippen LogP contribution is -2.50. The fourth-order valence-corrected chi connectivity index (χ4v) is 1.97. The third-order valence-corrected chi connectivity index (χ3v) is 3.54. The largest absolute Gasteiger partial charge is 0.480 e. The molecule has 100 valence electrons. The van der Waals surface area contributed by atoms with Crippen LogP contribution in [0, 0.1) is 12.7 Å². The van der Waals surface area contributed by atoms with Gasteiger partial charge < -0.3 is 5.11 Å². The SMILES string of the molecule is CCC(CC)(NCc1cc(F)ccc1C)C(=O)O. The number of hydrogen-bond donors (Lipinski definition) is 2. The molecule has 1 rings (SSSR count). The molecule has 0 aliphatic heterocycles. The number of nitrogens with one attached hydrogen (secondary N) is 1. The van der Waals surface area contributed by atoms with E-state index < -0.39 is 11.5 Å². The van der Waals surface area contributed by atoms with Gasteiger partial charge in [-0.1, -0.05) is 19.9 Å². The molecule has 0 heterocycles. The number of carboxylic acid groups (broad SMARTS) is 1. The Morgan fingerprint density at radius 1 is 1.39 bits per heavy atom. The highest BCUT2D eigenvalue weighted by atomic mass is 19.1. The molecule has 0 aromatic heterocycles. The number of halogens is 1. The minimum atomic E-state index is -0.932. The van der Waals surface area contributed by atoms with Crippen molar-refractivity contribution in [2.45, 2.75) is 45.7 Å². The van der Waals surface area contributed by atoms with E-state index in [4.69, 9.17) is 0 Å². The molecule has 0 fully saturated rings. The van der Waals surface area contributed by atoms with Crippen molar-refractivity contribution >= 4 is 5.97 Å². The Morgan fingerprint density at radius 2 is 2.00 bits per heavy atom. The average Bonchev–Trinajstić information content (AvgIpc) is 2.35. The highest BCUT2D eigenvalue weighted by Crippen LogP contribution is 2.18. The van der Waals surface area contributed by atoms with Gasteiger partial charge in [-0.15, -0.1) is 0 Å². The maximum Gasteiger partial charge on any atom is 0.323 e. The summed E-state index contributed by atoms with van der Waals surface area (Å²) in [6, 6.07) is 4.55. The molecule has 1 aromatic carbocycles. The molecule has 0 aliphatic rings. The van der Waals surface area contributed by atoms with Crippen molar-refractivity contribution in [2.24, 2.45) is 0 Å². The summed E-state index contributed by atoms with van der Waals surface area (Å²) in [5.41, 5.74) is 0.816. The average molecular weight is 253 g/mol. The van der Waals surface area contributed by atoms with Crippen molar-refractivity contribution in [3.63, 3.8) is 0 Å². The number of benzene rings is 1. The van der Waals surface area contributed by atoms with Gasteiger partial charge in [0.25, 0.3) is 0 Å². The van der Waals surface area contributed by atoms with Gasteiger partial charge in [0.05, 0.1) is 0 Å². The monoisotopic (exact) mass is 253 g/mol. The molecule has 0 amide bonds. The fraction of sp³-hybridized carbons (Fsp3) is 0.500. The molecule has 18 heavy (non-hydrogen) atoms. The van der Waals surface area contributed by atoms with Crippen molar-refractivity contribution in [2.75, 3.05) is 0 Å². The third kappa shape index (κ3) is 3.07. The maximum atomic E-state index is 13.1. The molecule has 0 unspecified atom stereocenters. The van der Waals surface area contributed by atoms with Crippen LogP contribution in [0.2, 0.25) is 0 Å². The Balaban J connectivity index is 2.85. The molecule has 0 radical (unpaired) electrons. The van der Waals surface area contributed by atoms with Crippen LogP contribution in [0.1, 0.15) is 37.8 Å². The van der Waals surface area contributed by atoms with Gasteiger partial charge in [-0.2, -0.15) is 0 Å². The van der Waals surface area contributed by atoms with Gasteiger partial charge in [0.1, 0.15) is 11.4 Å². The predicted molar refractivity (Wildman–Crippen MR) is 68.9 cm³/mol. The Labute approximate surface area is 107 Å². The zero-order chi connectivity index (χ0) is 13.8. The van der Waals surface area contributed by atoms with Crippen LogP contribution >= 0.6 is 0 Å². The van der Waals surface area contributed by atoms with Gasteiger partial charge in [0.2, 0.25) is 0 Å². The smallest absolute Gasteiger partial charge is 0.323 e. The predicted octanol–water partition coefficient (Wildman–Crippen LogP) is 2.87. The van der Waals surface area contributed by atoms with Gasteiger partial charge in [0.15, 0.2) is 0 Å². The lowest BCUT2D eigenvalue weighted by atomic mass is 9.92. The Bertz CT molecular complexity index is 428. The summed E-state index contributed by atoms with van der Waals surface area (Å²) in [6.45, 7) is 5.92. The first kappa shape index (κ1) is 14.6. The molecule has 4 heteroatoms. The Hall–Kier alpha value is -1.42. The summed E-state index contributed by atoms with van der Waals surface area (Å²) in [7, 11) is 0. The molecule has 3 nitrogen and oxygen atoms in total. The highest BCUT2D eigenvalue weighted by Gasteiger charge is 2.34. The van der Waals surface area contributed by atoms with Crippen LogP contribution in [-0.4, -0.2) is 16.6 Å². The fourth-order valence-electron chi connectivity index (χ4n) is 1.97. The highest BCUT2D eigenvalue weighted by molar-refractivity contribution is 5.78. The normalized spacial score (nSPS) is 11.6. The van der Waals surface area contributed by atoms with Gasteiger partial charge in [-0.3, -0.25) is 10.1 Å². The lowest BCUT2D eigenvalue weighted by Gasteiger charge is -2.28. The summed E-state index contributed by atoms with van der Waals surface area (Å²) >= 11 is 0. The lowest BCUT2D eigenvalue weighted by molar-refractivity contribution is -0.145. The van der Waals surface area contributed by atoms with E-state index in [0.29, 0.717) is 19.4 Å². The molecular weight excluding hydrogens is 233 g/mol. The van der Waals surface area contributed by atoms with Crippen LogP contribution in [-0.2, 0) is 11.3 Å². The summed E-state index contributed by atoms with van der Waals surface area (Å²) < 4.78 is 13.1. The van der Waals surface area contributed by atoms with E-state index in [1.54, 1.807) is 6.07 Å². The zero-order valence-electron chi connectivity index (χ0n) is 11.1. The number of aryl methyl sites for hydroxylation is 1. The van der Waals surface area contributed by atoms with E-state index in [1.165, 1.54) is 12.1 Å². The molecule has 2 N–H and O–H groups in total. The van der Waals surface area contributed by atoms with E-state index in [2.05, 4.69) is 5.32 Å². The molecule has 0 saturated carbocycles. The second kappa shape index (κ2) is 5.96. The Kier molecular flexibility index (Phi) is 4.84. The van der Waals surface area contributed by atoms with E-state index in [0.717, 1.165) is 11.1 Å². The number of hydrogen-bond acceptors (Lipinski definition) is 2. The van der Waals surface area contributed by atoms with E-state index in [-0.39, 0.29) is 5.82 Å². The molecule has 0 aliphatic carbocycles. The van der Waals surface area contributed by atoms with Crippen molar-refractivity contribution in [3.8, 4) is 0 Å². The molecule has 1 aromatic rings. The second-order valence-electron chi connectivity index (χ2n) is 4.52. The third-order valence-electron chi connectivity index (χ3n) is 3.54. The van der Waals surface area contributed by atoms with Crippen molar-refractivity contribution < 1.29 is 14.3 Å². The van der Waals surface area contributed by atoms with Crippen LogP contribution in [0.15, 0.2) is 18.2 Å². The second-order valence-corrected chi connectivity index (χ2v) is 4.52. The number of aliphatic carboxylic acids is 1. The first-order valence-electron chi connectivity index (χ1n) is 6.18. The molecule has 0 saturated heterocycles. The van der Waals surface area contributed by atoms with Crippen molar-refractivity contribution in [1.29, 1.82) is 0 Å². The summed E-state index contributed by atoms with van der Waals surface area (Å²) in [5.74, 6) is -1.16. The number of rotatable bonds is 6. The summed E-state index contributed by atoms with van der Waals surface area (Å²) in [4.78, 5) is 11.3. The standard InChI is InChI=1S/C14H20FNO2/c1-4-14(5-2,13(17)18)16-9-11-8-12(15)7-6-10(11)3/h6-8,16H,4-5,9H2,1-3H3,(H,17,18). The van der Waals surface area contributed by atoms with Gasteiger partial charge in [-0.05, 0) is 43.0 Å². The first-order valence-corrected chi connectivity index (χ1v) is 6.18. The van der Waals surface area contributed by atoms with Crippen molar-refractivity contribution in [3.05, 3.63) is 35.1 Å². The van der Waals surface area contributed by atoms with Crippen LogP contribution in [0.4, 0.5) is 4.39 Å². The minimum absolute atomic E-state index is 0.300. The first-order chi connectivity index (χ1) is 8.45. The van der Waals surface area contributed by atoms with Crippen LogP contribution in [0.25, 0.3) is 0 Å². The van der Waals surface area contributed by atoms with Gasteiger partial charge in [0, 0.05) is 6.54 Å². The van der Waals surface area contributed by atoms with Crippen LogP contribution in [0.5, 0.6) is 0 Å². The molecular formula is C14H20FNO2. The number of carboxylic acids is 1. The van der Waals surface area contributed by atoms with Crippen LogP contribution < -0.4 is 5.32 Å². The number of carbonyl (C=O) groups is 1. The quantitative estimate of drug-likeness (QED) is 0.819. The summed E-state index contributed by atoms with van der Waals surface area (Å²) in [6.07, 6.45) is 0.987. The van der Waals surface area contributed by atoms with Gasteiger partial charge in [-0.25, -0.2) is 4.39 Å². The van der Waals surface area contributed by atoms with Crippen LogP contribution in [0.3, 0.4) is 0 Å². The van der Waals surface area contributed by atoms with E-state index in [9.17, 15) is 14.3 Å². The van der Waals surface area contributed by atoms with E-state index in [1.807, 2.05) is 20.8 Å². The zero-order valence-corrected chi connectivity index (χ0v) is 11.1. The molecule has 0 atom stereocenters. The van der Waals surface area contributed by atoms with E-state index >= 15 is 0 Å². The molecule has 0 bridgehead atoms. The van der Waals surface area contributed by atoms with Crippen molar-refractivity contribution in [1.82, 2.24) is 5.32 Å². The topological polar surface area (TPSA) is 49.3 Å². The summed E-state index contributed by atoms with van der Waals surface area (Å²) in [5, 5.41) is 12.3. The van der Waals surface area contributed by atoms with Gasteiger partial charge >= 0.3 is 5.97 Å². The molecule has 0 spiro atoms. The maximum absolute atomic E-state index is 13.1. The Morgan fingerprint density at radius 3 is 2.50 bits per heavy atom.